The highest BCUT2D eigenvalue weighted by atomic mass is 16.6. The number of ketones is 1. The first-order chi connectivity index (χ1) is 12.0. The Hall–Kier alpha value is -0.900. The number of cyclic esters (lactones) is 1. The number of rotatable bonds is 10. The van der Waals surface area contributed by atoms with Crippen molar-refractivity contribution in [3.63, 3.8) is 0 Å². The summed E-state index contributed by atoms with van der Waals surface area (Å²) in [4.78, 5) is 26.5. The molecule has 2 rings (SSSR count). The molecule has 1 aliphatic heterocycles. The molecule has 1 saturated heterocycles. The molecule has 0 amide bonds. The lowest BCUT2D eigenvalue weighted by Gasteiger charge is -2.34. The summed E-state index contributed by atoms with van der Waals surface area (Å²) in [6, 6.07) is 0. The van der Waals surface area contributed by atoms with Crippen molar-refractivity contribution in [1.82, 2.24) is 4.90 Å². The SMILES string of the molecule is CCCN(CC)CC[C@H]1CC2(CCC(CCC(=O)CC)CC2)C(=O)O1. The maximum atomic E-state index is 12.5. The Balaban J connectivity index is 1.77. The van der Waals surface area contributed by atoms with E-state index in [0.29, 0.717) is 24.5 Å². The normalized spacial score (nSPS) is 29.4. The van der Waals surface area contributed by atoms with Crippen LogP contribution in [0.4, 0.5) is 0 Å². The molecular weight excluding hydrogens is 314 g/mol. The lowest BCUT2D eigenvalue weighted by molar-refractivity contribution is -0.150. The van der Waals surface area contributed by atoms with Crippen LogP contribution in [0.1, 0.15) is 85.0 Å². The van der Waals surface area contributed by atoms with Crippen LogP contribution in [0.5, 0.6) is 0 Å². The zero-order chi connectivity index (χ0) is 18.3. The smallest absolute Gasteiger partial charge is 0.312 e. The highest BCUT2D eigenvalue weighted by molar-refractivity contribution is 5.79. The van der Waals surface area contributed by atoms with E-state index < -0.39 is 0 Å². The van der Waals surface area contributed by atoms with E-state index in [1.54, 1.807) is 0 Å². The highest BCUT2D eigenvalue weighted by Gasteiger charge is 2.50. The molecule has 1 heterocycles. The van der Waals surface area contributed by atoms with Crippen molar-refractivity contribution in [2.45, 2.75) is 91.1 Å². The van der Waals surface area contributed by atoms with Crippen LogP contribution in [0.15, 0.2) is 0 Å². The van der Waals surface area contributed by atoms with Crippen LogP contribution < -0.4 is 0 Å². The molecule has 0 unspecified atom stereocenters. The molecule has 1 aliphatic carbocycles. The van der Waals surface area contributed by atoms with Crippen LogP contribution >= 0.6 is 0 Å². The molecule has 25 heavy (non-hydrogen) atoms. The quantitative estimate of drug-likeness (QED) is 0.549. The van der Waals surface area contributed by atoms with Gasteiger partial charge in [-0.2, -0.15) is 0 Å². The summed E-state index contributed by atoms with van der Waals surface area (Å²) in [7, 11) is 0. The van der Waals surface area contributed by atoms with E-state index in [1.165, 1.54) is 6.42 Å². The van der Waals surface area contributed by atoms with Crippen LogP contribution in [0.2, 0.25) is 0 Å². The summed E-state index contributed by atoms with van der Waals surface area (Å²) >= 11 is 0. The molecule has 144 valence electrons. The molecule has 0 aromatic rings. The fraction of sp³-hybridized carbons (Fsp3) is 0.905. The van der Waals surface area contributed by atoms with Gasteiger partial charge >= 0.3 is 5.97 Å². The van der Waals surface area contributed by atoms with Crippen molar-refractivity contribution >= 4 is 11.8 Å². The molecule has 0 aromatic heterocycles. The molecule has 4 nitrogen and oxygen atoms in total. The van der Waals surface area contributed by atoms with Crippen molar-refractivity contribution in [1.29, 1.82) is 0 Å². The van der Waals surface area contributed by atoms with Crippen molar-refractivity contribution < 1.29 is 14.3 Å². The second kappa shape index (κ2) is 9.70. The second-order valence-electron chi connectivity index (χ2n) is 8.11. The van der Waals surface area contributed by atoms with Gasteiger partial charge in [0.05, 0.1) is 5.41 Å². The summed E-state index contributed by atoms with van der Waals surface area (Å²) in [5.41, 5.74) is -0.211. The van der Waals surface area contributed by atoms with Crippen LogP contribution in [-0.4, -0.2) is 42.4 Å². The van der Waals surface area contributed by atoms with Gasteiger partial charge in [0.15, 0.2) is 0 Å². The number of hydrogen-bond acceptors (Lipinski definition) is 4. The Bertz CT molecular complexity index is 440. The van der Waals surface area contributed by atoms with Crippen LogP contribution in [-0.2, 0) is 14.3 Å². The Labute approximate surface area is 153 Å². The van der Waals surface area contributed by atoms with E-state index in [0.717, 1.165) is 64.6 Å². The third-order valence-electron chi connectivity index (χ3n) is 6.37. The first kappa shape index (κ1) is 20.4. The average molecular weight is 352 g/mol. The number of esters is 1. The standard InChI is InChI=1S/C21H37NO3/c1-4-14-22(6-3)15-11-19-16-21(20(24)25-19)12-9-17(10-13-21)7-8-18(23)5-2/h17,19H,4-16H2,1-3H3/t17?,19-,21?/m0/s1. The molecule has 1 spiro atoms. The van der Waals surface area contributed by atoms with E-state index >= 15 is 0 Å². The molecule has 1 saturated carbocycles. The summed E-state index contributed by atoms with van der Waals surface area (Å²) < 4.78 is 5.76. The largest absolute Gasteiger partial charge is 0.462 e. The van der Waals surface area contributed by atoms with Gasteiger partial charge in [-0.05, 0) is 64.0 Å². The number of carbonyl (C=O) groups excluding carboxylic acids is 2. The second-order valence-corrected chi connectivity index (χ2v) is 8.11. The Kier molecular flexibility index (Phi) is 7.92. The van der Waals surface area contributed by atoms with Crippen molar-refractivity contribution in [3.05, 3.63) is 0 Å². The minimum Gasteiger partial charge on any atom is -0.462 e. The Morgan fingerprint density at radius 3 is 2.48 bits per heavy atom. The number of Topliss-reactive ketones (excluding diaryl/α,β-unsaturated/α-hetero) is 1. The van der Waals surface area contributed by atoms with E-state index in [-0.39, 0.29) is 17.5 Å². The summed E-state index contributed by atoms with van der Waals surface area (Å²) in [5.74, 6) is 1.04. The van der Waals surface area contributed by atoms with Gasteiger partial charge in [0.25, 0.3) is 0 Å². The summed E-state index contributed by atoms with van der Waals surface area (Å²) in [6.07, 6.45) is 9.60. The fourth-order valence-electron chi connectivity index (χ4n) is 4.54. The summed E-state index contributed by atoms with van der Waals surface area (Å²) in [6.45, 7) is 9.56. The Morgan fingerprint density at radius 1 is 1.16 bits per heavy atom. The maximum absolute atomic E-state index is 12.5. The monoisotopic (exact) mass is 351 g/mol. The third-order valence-corrected chi connectivity index (χ3v) is 6.37. The number of ether oxygens (including phenoxy) is 1. The average Bonchev–Trinajstić information content (AvgIpc) is 2.93. The number of carbonyl (C=O) groups is 2. The molecule has 0 aromatic carbocycles. The molecule has 2 fully saturated rings. The van der Waals surface area contributed by atoms with Crippen LogP contribution in [0.3, 0.4) is 0 Å². The molecular formula is C21H37NO3. The van der Waals surface area contributed by atoms with Gasteiger partial charge < -0.3 is 9.64 Å². The van der Waals surface area contributed by atoms with Crippen molar-refractivity contribution in [3.8, 4) is 0 Å². The van der Waals surface area contributed by atoms with Gasteiger partial charge in [-0.15, -0.1) is 0 Å². The zero-order valence-electron chi connectivity index (χ0n) is 16.5. The number of nitrogens with zero attached hydrogens (tertiary/aromatic N) is 1. The summed E-state index contributed by atoms with van der Waals surface area (Å²) in [5, 5.41) is 0. The van der Waals surface area contributed by atoms with E-state index in [2.05, 4.69) is 18.7 Å². The molecule has 1 atom stereocenters. The first-order valence-electron chi connectivity index (χ1n) is 10.5. The minimum atomic E-state index is -0.211. The van der Waals surface area contributed by atoms with Gasteiger partial charge in [0.2, 0.25) is 0 Å². The molecule has 4 heteroatoms. The zero-order valence-corrected chi connectivity index (χ0v) is 16.5. The van der Waals surface area contributed by atoms with Crippen molar-refractivity contribution in [2.75, 3.05) is 19.6 Å². The predicted molar refractivity (Wildman–Crippen MR) is 100 cm³/mol. The van der Waals surface area contributed by atoms with Gasteiger partial charge in [0, 0.05) is 25.8 Å². The van der Waals surface area contributed by atoms with E-state index in [4.69, 9.17) is 4.74 Å². The lowest BCUT2D eigenvalue weighted by atomic mass is 9.68. The Morgan fingerprint density at radius 2 is 1.88 bits per heavy atom. The van der Waals surface area contributed by atoms with Crippen LogP contribution in [0, 0.1) is 11.3 Å². The maximum Gasteiger partial charge on any atom is 0.312 e. The minimum absolute atomic E-state index is 0.0547. The molecule has 0 radical (unpaired) electrons. The topological polar surface area (TPSA) is 46.6 Å². The van der Waals surface area contributed by atoms with E-state index in [9.17, 15) is 9.59 Å². The predicted octanol–water partition coefficient (Wildman–Crippen LogP) is 4.36. The van der Waals surface area contributed by atoms with Gasteiger partial charge in [-0.3, -0.25) is 9.59 Å². The lowest BCUT2D eigenvalue weighted by Crippen LogP contribution is -2.32. The first-order valence-corrected chi connectivity index (χ1v) is 10.5. The van der Waals surface area contributed by atoms with Gasteiger partial charge in [-0.25, -0.2) is 0 Å². The molecule has 0 N–H and O–H groups in total. The van der Waals surface area contributed by atoms with Gasteiger partial charge in [0.1, 0.15) is 11.9 Å². The molecule has 2 aliphatic rings. The van der Waals surface area contributed by atoms with Crippen molar-refractivity contribution in [2.24, 2.45) is 11.3 Å². The third kappa shape index (κ3) is 5.54. The molecule has 0 bridgehead atoms. The fourth-order valence-corrected chi connectivity index (χ4v) is 4.54. The van der Waals surface area contributed by atoms with Gasteiger partial charge in [-0.1, -0.05) is 20.8 Å². The van der Waals surface area contributed by atoms with Crippen LogP contribution in [0.25, 0.3) is 0 Å². The number of hydrogen-bond donors (Lipinski definition) is 0. The highest BCUT2D eigenvalue weighted by Crippen LogP contribution is 2.48. The van der Waals surface area contributed by atoms with E-state index in [1.807, 2.05) is 6.92 Å².